The van der Waals surface area contributed by atoms with Crippen molar-refractivity contribution in [3.05, 3.63) is 59.3 Å². The molecule has 1 spiro atoms. The van der Waals surface area contributed by atoms with Crippen LogP contribution in [0.4, 0.5) is 19.3 Å². The Balaban J connectivity index is 1.46. The van der Waals surface area contributed by atoms with Crippen LogP contribution in [-0.2, 0) is 10.2 Å². The fourth-order valence-corrected chi connectivity index (χ4v) is 5.66. The summed E-state index contributed by atoms with van der Waals surface area (Å²) in [6.07, 6.45) is 1.18. The molecule has 3 heterocycles. The van der Waals surface area contributed by atoms with E-state index in [1.54, 1.807) is 16.9 Å². The summed E-state index contributed by atoms with van der Waals surface area (Å²) in [4.78, 5) is 32.2. The van der Waals surface area contributed by atoms with E-state index in [1.807, 2.05) is 18.2 Å². The highest BCUT2D eigenvalue weighted by molar-refractivity contribution is 5.90. The van der Waals surface area contributed by atoms with Gasteiger partial charge in [0.05, 0.1) is 19.8 Å². The number of aromatic nitrogens is 1. The number of fused-ring (bicyclic) bond motifs is 4. The van der Waals surface area contributed by atoms with Crippen LogP contribution >= 0.6 is 0 Å². The maximum absolute atomic E-state index is 13.6. The number of rotatable bonds is 3. The van der Waals surface area contributed by atoms with E-state index in [4.69, 9.17) is 4.74 Å². The molecule has 0 bridgehead atoms. The predicted octanol–water partition coefficient (Wildman–Crippen LogP) is 3.92. The van der Waals surface area contributed by atoms with Crippen LogP contribution in [0.5, 0.6) is 5.75 Å². The number of urea groups is 1. The minimum atomic E-state index is -1.03. The highest BCUT2D eigenvalue weighted by Crippen LogP contribution is 2.49. The van der Waals surface area contributed by atoms with Gasteiger partial charge < -0.3 is 29.9 Å². The third-order valence-corrected chi connectivity index (χ3v) is 7.50. The second kappa shape index (κ2) is 9.09. The van der Waals surface area contributed by atoms with E-state index in [1.165, 1.54) is 13.0 Å². The van der Waals surface area contributed by atoms with E-state index in [0.717, 1.165) is 34.3 Å². The first-order valence-electron chi connectivity index (χ1n) is 11.9. The molecule has 2 aliphatic heterocycles. The smallest absolute Gasteiger partial charge is 0.321 e. The molecule has 0 radical (unpaired) electrons. The van der Waals surface area contributed by atoms with Crippen LogP contribution in [0.1, 0.15) is 37.1 Å². The van der Waals surface area contributed by atoms with Crippen molar-refractivity contribution < 1.29 is 28.2 Å². The summed E-state index contributed by atoms with van der Waals surface area (Å²) in [5, 5.41) is 13.9. The van der Waals surface area contributed by atoms with Crippen LogP contribution in [-0.4, -0.2) is 65.2 Å². The molecule has 0 aliphatic carbocycles. The van der Waals surface area contributed by atoms with Crippen molar-refractivity contribution in [1.29, 1.82) is 0 Å². The van der Waals surface area contributed by atoms with Crippen molar-refractivity contribution in [1.82, 2.24) is 14.8 Å². The molecule has 1 atom stereocenters. The van der Waals surface area contributed by atoms with Crippen molar-refractivity contribution in [2.75, 3.05) is 38.7 Å². The van der Waals surface area contributed by atoms with Gasteiger partial charge in [0.15, 0.2) is 11.6 Å². The summed E-state index contributed by atoms with van der Waals surface area (Å²) in [6.45, 7) is 2.53. The van der Waals surface area contributed by atoms with Crippen molar-refractivity contribution in [2.24, 2.45) is 0 Å². The molecule has 5 rings (SSSR count). The van der Waals surface area contributed by atoms with Crippen LogP contribution in [0, 0.1) is 11.6 Å². The number of nitrogens with one attached hydrogen (secondary N) is 2. The summed E-state index contributed by atoms with van der Waals surface area (Å²) in [5.74, 6) is -1.44. The summed E-state index contributed by atoms with van der Waals surface area (Å²) in [7, 11) is 1.60. The number of ether oxygens (including phenoxy) is 1. The van der Waals surface area contributed by atoms with Gasteiger partial charge in [0.1, 0.15) is 5.75 Å². The number of halogens is 2. The normalized spacial score (nSPS) is 18.9. The Bertz CT molecular complexity index is 1330. The number of hydrogen-bond acceptors (Lipinski definition) is 4. The van der Waals surface area contributed by atoms with Gasteiger partial charge in [0.25, 0.3) is 0 Å². The topological polar surface area (TPSA) is 97.9 Å². The number of amides is 3. The molecule has 3 N–H and O–H groups in total. The van der Waals surface area contributed by atoms with E-state index >= 15 is 0 Å². The Hall–Kier alpha value is -3.66. The van der Waals surface area contributed by atoms with E-state index < -0.39 is 29.1 Å². The van der Waals surface area contributed by atoms with Crippen LogP contribution in [0.25, 0.3) is 10.9 Å². The lowest BCUT2D eigenvalue weighted by Gasteiger charge is -2.50. The number of hydrogen-bond donors (Lipinski definition) is 3. The van der Waals surface area contributed by atoms with Crippen LogP contribution in [0.15, 0.2) is 36.4 Å². The summed E-state index contributed by atoms with van der Waals surface area (Å²) >= 11 is 0. The lowest BCUT2D eigenvalue weighted by atomic mass is 9.68. The molecule has 1 saturated heterocycles. The van der Waals surface area contributed by atoms with E-state index in [-0.39, 0.29) is 18.2 Å². The molecular formula is C26H28F2N4O4. The van der Waals surface area contributed by atoms with Gasteiger partial charge >= 0.3 is 6.03 Å². The fourth-order valence-electron chi connectivity index (χ4n) is 5.66. The zero-order valence-corrected chi connectivity index (χ0v) is 20.1. The fraction of sp³-hybridized carbons (Fsp3) is 0.385. The third kappa shape index (κ3) is 3.95. The average Bonchev–Trinajstić information content (AvgIpc) is 3.26. The quantitative estimate of drug-likeness (QED) is 0.510. The largest absolute Gasteiger partial charge is 0.497 e. The number of aliphatic hydroxyl groups is 1. The van der Waals surface area contributed by atoms with Crippen LogP contribution in [0.2, 0.25) is 0 Å². The van der Waals surface area contributed by atoms with Crippen molar-refractivity contribution in [3.63, 3.8) is 0 Å². The number of carbonyl (C=O) groups excluding carboxylic acids is 2. The highest BCUT2D eigenvalue weighted by atomic mass is 19.2. The van der Waals surface area contributed by atoms with Gasteiger partial charge in [-0.2, -0.15) is 0 Å². The number of carbonyl (C=O) groups is 2. The third-order valence-electron chi connectivity index (χ3n) is 7.50. The second-order valence-corrected chi connectivity index (χ2v) is 9.50. The Kier molecular flexibility index (Phi) is 6.07. The maximum Gasteiger partial charge on any atom is 0.321 e. The van der Waals surface area contributed by atoms with E-state index in [0.29, 0.717) is 38.2 Å². The maximum atomic E-state index is 13.6. The number of nitrogens with zero attached hydrogens (tertiary/aromatic N) is 2. The minimum absolute atomic E-state index is 0.131. The molecule has 36 heavy (non-hydrogen) atoms. The molecule has 2 aliphatic rings. The second-order valence-electron chi connectivity index (χ2n) is 9.50. The number of H-pyrrole nitrogens is 1. The molecule has 10 heteroatoms. The van der Waals surface area contributed by atoms with Gasteiger partial charge in [-0.05, 0) is 42.7 Å². The van der Waals surface area contributed by atoms with Crippen molar-refractivity contribution in [3.8, 4) is 5.75 Å². The molecule has 3 aromatic rings. The molecule has 8 nitrogen and oxygen atoms in total. The van der Waals surface area contributed by atoms with Gasteiger partial charge in [-0.3, -0.25) is 4.79 Å². The number of aliphatic hydroxyl groups excluding tert-OH is 1. The molecule has 3 amide bonds. The monoisotopic (exact) mass is 498 g/mol. The van der Waals surface area contributed by atoms with E-state index in [2.05, 4.69) is 10.3 Å². The van der Waals surface area contributed by atoms with Crippen molar-refractivity contribution >= 4 is 28.5 Å². The summed E-state index contributed by atoms with van der Waals surface area (Å²) < 4.78 is 32.2. The van der Waals surface area contributed by atoms with Gasteiger partial charge in [0.2, 0.25) is 5.91 Å². The molecular weight excluding hydrogens is 470 g/mol. The van der Waals surface area contributed by atoms with Gasteiger partial charge in [0, 0.05) is 66.4 Å². The summed E-state index contributed by atoms with van der Waals surface area (Å²) in [5.41, 5.74) is 2.50. The Morgan fingerprint density at radius 3 is 2.56 bits per heavy atom. The number of methoxy groups -OCH3 is 1. The molecule has 1 fully saturated rings. The van der Waals surface area contributed by atoms with Crippen molar-refractivity contribution in [2.45, 2.75) is 31.2 Å². The zero-order chi connectivity index (χ0) is 25.6. The number of likely N-dealkylation sites (tertiary alicyclic amines) is 1. The van der Waals surface area contributed by atoms with Gasteiger partial charge in [-0.15, -0.1) is 0 Å². The summed E-state index contributed by atoms with van der Waals surface area (Å²) in [6, 6.07) is 8.13. The number of aromatic amines is 1. The molecule has 1 aromatic heterocycles. The molecule has 0 saturated carbocycles. The first-order chi connectivity index (χ1) is 17.3. The van der Waals surface area contributed by atoms with Gasteiger partial charge in [-0.25, -0.2) is 13.6 Å². The molecule has 2 aromatic carbocycles. The minimum Gasteiger partial charge on any atom is -0.497 e. The van der Waals surface area contributed by atoms with Gasteiger partial charge in [-0.1, -0.05) is 0 Å². The van der Waals surface area contributed by atoms with E-state index in [9.17, 15) is 23.5 Å². The standard InChI is InChI=1S/C26H28F2N4O4/c1-15(34)32-14-26(23-18-5-4-17(36-2)12-21(18)30-24(23)22(32)13-33)7-9-31(10-8-26)25(35)29-16-3-6-19(27)20(28)11-16/h3-6,11-12,22,30,33H,7-10,13-14H2,1-2H3,(H,29,35). The lowest BCUT2D eigenvalue weighted by Crippen LogP contribution is -2.55. The zero-order valence-electron chi connectivity index (χ0n) is 20.1. The van der Waals surface area contributed by atoms with Crippen LogP contribution < -0.4 is 10.1 Å². The average molecular weight is 499 g/mol. The highest BCUT2D eigenvalue weighted by Gasteiger charge is 2.48. The Morgan fingerprint density at radius 1 is 1.17 bits per heavy atom. The number of piperidine rings is 1. The molecule has 190 valence electrons. The first-order valence-corrected chi connectivity index (χ1v) is 11.9. The predicted molar refractivity (Wildman–Crippen MR) is 130 cm³/mol. The SMILES string of the molecule is COc1ccc2c3c([nH]c2c1)C(CO)N(C(C)=O)CC31CCN(C(=O)Nc2ccc(F)c(F)c2)CC1. The molecule has 1 unspecified atom stereocenters. The van der Waals surface area contributed by atoms with Crippen LogP contribution in [0.3, 0.4) is 0 Å². The first kappa shape index (κ1) is 24.1. The Labute approximate surface area is 206 Å². The Morgan fingerprint density at radius 2 is 1.92 bits per heavy atom. The number of benzene rings is 2. The number of anilines is 1. The lowest BCUT2D eigenvalue weighted by molar-refractivity contribution is -0.134.